The van der Waals surface area contributed by atoms with Gasteiger partial charge < -0.3 is 20.1 Å². The van der Waals surface area contributed by atoms with Crippen LogP contribution in [0.25, 0.3) is 11.3 Å². The lowest BCUT2D eigenvalue weighted by molar-refractivity contribution is -0.137. The fourth-order valence-corrected chi connectivity index (χ4v) is 4.67. The van der Waals surface area contributed by atoms with Gasteiger partial charge in [0, 0.05) is 18.1 Å². The van der Waals surface area contributed by atoms with Crippen molar-refractivity contribution in [2.75, 3.05) is 11.9 Å². The molecule has 0 radical (unpaired) electrons. The van der Waals surface area contributed by atoms with Crippen molar-refractivity contribution in [3.05, 3.63) is 47.8 Å². The molecule has 1 fully saturated rings. The van der Waals surface area contributed by atoms with Crippen molar-refractivity contribution in [2.24, 2.45) is 5.92 Å². The number of benzene rings is 1. The van der Waals surface area contributed by atoms with Crippen molar-refractivity contribution in [3.63, 3.8) is 0 Å². The van der Waals surface area contributed by atoms with Gasteiger partial charge in [0.2, 0.25) is 5.82 Å². The molecule has 3 N–H and O–H groups in total. The Bertz CT molecular complexity index is 1270. The second-order valence-electron chi connectivity index (χ2n) is 10.5. The molecule has 0 unspecified atom stereocenters. The first-order valence-corrected chi connectivity index (χ1v) is 13.1. The molecule has 210 valence electrons. The molecule has 3 aromatic rings. The molecule has 39 heavy (non-hydrogen) atoms. The van der Waals surface area contributed by atoms with Gasteiger partial charge in [-0.15, -0.1) is 10.2 Å². The van der Waals surface area contributed by atoms with E-state index in [1.54, 1.807) is 13.8 Å². The van der Waals surface area contributed by atoms with Crippen LogP contribution in [-0.2, 0) is 12.6 Å². The van der Waals surface area contributed by atoms with Gasteiger partial charge in [-0.2, -0.15) is 13.2 Å². The van der Waals surface area contributed by atoms with Gasteiger partial charge in [0.25, 0.3) is 5.91 Å². The number of ether oxygens (including phenoxy) is 1. The number of nitrogens with zero attached hydrogens (tertiary/aromatic N) is 4. The first kappa shape index (κ1) is 28.5. The van der Waals surface area contributed by atoms with E-state index in [-0.39, 0.29) is 35.3 Å². The van der Waals surface area contributed by atoms with Crippen molar-refractivity contribution in [2.45, 2.75) is 77.0 Å². The number of halogens is 3. The van der Waals surface area contributed by atoms with Crippen LogP contribution in [0.15, 0.2) is 30.6 Å². The van der Waals surface area contributed by atoms with E-state index in [0.717, 1.165) is 25.2 Å². The van der Waals surface area contributed by atoms with Gasteiger partial charge in [-0.25, -0.2) is 9.97 Å². The molecule has 4 rings (SSSR count). The Labute approximate surface area is 224 Å². The number of aromatic nitrogens is 5. The largest absolute Gasteiger partial charge is 0.494 e. The number of aromatic amines is 1. The van der Waals surface area contributed by atoms with E-state index in [1.807, 2.05) is 0 Å². The molecule has 1 aliphatic carbocycles. The minimum absolute atomic E-state index is 0.00148. The second kappa shape index (κ2) is 12.1. The number of nitrogens with one attached hydrogen (secondary N) is 2. The summed E-state index contributed by atoms with van der Waals surface area (Å²) in [6, 6.07) is 4.70. The average molecular weight is 547 g/mol. The van der Waals surface area contributed by atoms with Crippen LogP contribution < -0.4 is 10.1 Å². The van der Waals surface area contributed by atoms with Gasteiger partial charge in [0.05, 0.1) is 23.5 Å². The number of anilines is 1. The Morgan fingerprint density at radius 1 is 1.13 bits per heavy atom. The summed E-state index contributed by atoms with van der Waals surface area (Å²) in [5.74, 6) is 0.770. The third kappa shape index (κ3) is 8.22. The standard InChI is InChI=1S/C27H33F3N6O3/c1-26(2,38)11-6-12-39-18-9-10-20(27(28,29)30)19(14-18)21-15-22(32-16-31-21)34-25(37)24-33-23(35-36-24)13-17-7-4-3-5-8-17/h9-10,14-17,38H,3-8,11-13H2,1-2H3,(H,33,35,36)(H,31,32,34,37). The van der Waals surface area contributed by atoms with Crippen LogP contribution in [0.1, 0.15) is 80.8 Å². The number of hydrogen-bond donors (Lipinski definition) is 3. The van der Waals surface area contributed by atoms with E-state index in [4.69, 9.17) is 4.74 Å². The van der Waals surface area contributed by atoms with Gasteiger partial charge in [-0.05, 0) is 50.8 Å². The maximum absolute atomic E-state index is 13.8. The number of carbonyl (C=O) groups excluding carboxylic acids is 1. The number of amides is 1. The Hall–Kier alpha value is -3.54. The fourth-order valence-electron chi connectivity index (χ4n) is 4.67. The summed E-state index contributed by atoms with van der Waals surface area (Å²) >= 11 is 0. The lowest BCUT2D eigenvalue weighted by atomic mass is 9.87. The highest BCUT2D eigenvalue weighted by Crippen LogP contribution is 2.38. The van der Waals surface area contributed by atoms with E-state index in [0.29, 0.717) is 31.0 Å². The zero-order valence-corrected chi connectivity index (χ0v) is 22.0. The molecule has 1 aromatic carbocycles. The predicted octanol–water partition coefficient (Wildman–Crippen LogP) is 5.59. The monoisotopic (exact) mass is 546 g/mol. The van der Waals surface area contributed by atoms with E-state index >= 15 is 0 Å². The maximum atomic E-state index is 13.8. The van der Waals surface area contributed by atoms with Crippen molar-refractivity contribution in [1.29, 1.82) is 0 Å². The van der Waals surface area contributed by atoms with Crippen molar-refractivity contribution in [3.8, 4) is 17.0 Å². The summed E-state index contributed by atoms with van der Waals surface area (Å²) < 4.78 is 47.0. The number of H-pyrrole nitrogens is 1. The van der Waals surface area contributed by atoms with E-state index in [2.05, 4.69) is 30.5 Å². The van der Waals surface area contributed by atoms with Crippen molar-refractivity contribution in [1.82, 2.24) is 25.1 Å². The number of carbonyl (C=O) groups is 1. The second-order valence-corrected chi connectivity index (χ2v) is 10.5. The highest BCUT2D eigenvalue weighted by atomic mass is 19.4. The minimum Gasteiger partial charge on any atom is -0.494 e. The third-order valence-electron chi connectivity index (χ3n) is 6.64. The third-order valence-corrected chi connectivity index (χ3v) is 6.64. The number of hydrogen-bond acceptors (Lipinski definition) is 7. The Morgan fingerprint density at radius 2 is 1.90 bits per heavy atom. The Kier molecular flexibility index (Phi) is 8.83. The maximum Gasteiger partial charge on any atom is 0.417 e. The molecule has 0 atom stereocenters. The van der Waals surface area contributed by atoms with Gasteiger partial charge in [-0.3, -0.25) is 4.79 Å². The van der Waals surface area contributed by atoms with Crippen LogP contribution >= 0.6 is 0 Å². The molecule has 2 heterocycles. The smallest absolute Gasteiger partial charge is 0.417 e. The molecule has 12 heteroatoms. The highest BCUT2D eigenvalue weighted by Gasteiger charge is 2.34. The van der Waals surface area contributed by atoms with Crippen LogP contribution in [0.3, 0.4) is 0 Å². The summed E-state index contributed by atoms with van der Waals surface area (Å²) in [5.41, 5.74) is -2.01. The zero-order chi connectivity index (χ0) is 28.0. The molecule has 0 bridgehead atoms. The quantitative estimate of drug-likeness (QED) is 0.283. The van der Waals surface area contributed by atoms with Crippen LogP contribution in [0.2, 0.25) is 0 Å². The number of alkyl halides is 3. The number of aliphatic hydroxyl groups is 1. The molecular weight excluding hydrogens is 513 g/mol. The van der Waals surface area contributed by atoms with Crippen LogP contribution in [0.4, 0.5) is 19.0 Å². The lowest BCUT2D eigenvalue weighted by Crippen LogP contribution is -2.19. The number of rotatable bonds is 10. The normalized spacial score (nSPS) is 14.8. The van der Waals surface area contributed by atoms with E-state index in [9.17, 15) is 23.1 Å². The van der Waals surface area contributed by atoms with Crippen LogP contribution in [0.5, 0.6) is 5.75 Å². The average Bonchev–Trinajstić information content (AvgIpc) is 3.35. The zero-order valence-electron chi connectivity index (χ0n) is 22.0. The highest BCUT2D eigenvalue weighted by molar-refractivity contribution is 6.01. The summed E-state index contributed by atoms with van der Waals surface area (Å²) in [6.45, 7) is 3.57. The SMILES string of the molecule is CC(C)(O)CCCOc1ccc(C(F)(F)F)c(-c2cc(NC(=O)c3nnc(CC4CCCCC4)[nH]3)ncn2)c1. The Morgan fingerprint density at radius 3 is 2.62 bits per heavy atom. The molecule has 0 saturated heterocycles. The molecule has 9 nitrogen and oxygen atoms in total. The van der Waals surface area contributed by atoms with E-state index in [1.165, 1.54) is 37.5 Å². The predicted molar refractivity (Wildman–Crippen MR) is 138 cm³/mol. The first-order chi connectivity index (χ1) is 18.5. The van der Waals surface area contributed by atoms with E-state index < -0.39 is 23.2 Å². The molecule has 1 amide bonds. The summed E-state index contributed by atoms with van der Waals surface area (Å²) in [7, 11) is 0. The van der Waals surface area contributed by atoms with Crippen molar-refractivity contribution < 1.29 is 27.8 Å². The summed E-state index contributed by atoms with van der Waals surface area (Å²) in [4.78, 5) is 23.7. The molecular formula is C27H33F3N6O3. The summed E-state index contributed by atoms with van der Waals surface area (Å²) in [5, 5.41) is 20.4. The van der Waals surface area contributed by atoms with Gasteiger partial charge in [-0.1, -0.05) is 32.1 Å². The molecule has 2 aromatic heterocycles. The van der Waals surface area contributed by atoms with Crippen molar-refractivity contribution >= 4 is 11.7 Å². The minimum atomic E-state index is -4.64. The molecule has 0 aliphatic heterocycles. The van der Waals surface area contributed by atoms with Crippen LogP contribution in [0, 0.1) is 5.92 Å². The topological polar surface area (TPSA) is 126 Å². The molecule has 1 saturated carbocycles. The Balaban J connectivity index is 1.48. The summed E-state index contributed by atoms with van der Waals surface area (Å²) in [6.07, 6.45) is 4.02. The molecule has 1 aliphatic rings. The van der Waals surface area contributed by atoms with Crippen LogP contribution in [-0.4, -0.2) is 48.4 Å². The van der Waals surface area contributed by atoms with Gasteiger partial charge in [0.1, 0.15) is 23.7 Å². The lowest BCUT2D eigenvalue weighted by Gasteiger charge is -2.19. The fraction of sp³-hybridized carbons (Fsp3) is 0.519. The van der Waals surface area contributed by atoms with Gasteiger partial charge in [0.15, 0.2) is 0 Å². The van der Waals surface area contributed by atoms with Gasteiger partial charge >= 0.3 is 6.18 Å². The first-order valence-electron chi connectivity index (χ1n) is 13.1. The molecule has 0 spiro atoms.